The van der Waals surface area contributed by atoms with E-state index in [-0.39, 0.29) is 31.1 Å². The van der Waals surface area contributed by atoms with E-state index < -0.39 is 41.1 Å². The van der Waals surface area contributed by atoms with Crippen molar-refractivity contribution in [3.63, 3.8) is 0 Å². The van der Waals surface area contributed by atoms with E-state index in [1.165, 1.54) is 0 Å². The Bertz CT molecular complexity index is 881. The smallest absolute Gasteiger partial charge is 0.312 e. The van der Waals surface area contributed by atoms with Gasteiger partial charge in [0.2, 0.25) is 11.8 Å². The summed E-state index contributed by atoms with van der Waals surface area (Å²) in [5, 5.41) is 10.2. The third kappa shape index (κ3) is 4.20. The van der Waals surface area contributed by atoms with E-state index in [2.05, 4.69) is 13.2 Å². The first kappa shape index (κ1) is 26.9. The summed E-state index contributed by atoms with van der Waals surface area (Å²) in [6, 6.07) is -1.34. The molecule has 4 aliphatic rings. The third-order valence-corrected chi connectivity index (χ3v) is 8.97. The second-order valence-corrected chi connectivity index (χ2v) is 11.0. The second-order valence-electron chi connectivity index (χ2n) is 11.0. The zero-order valence-corrected chi connectivity index (χ0v) is 21.8. The van der Waals surface area contributed by atoms with Gasteiger partial charge in [0, 0.05) is 12.6 Å². The lowest BCUT2D eigenvalue weighted by Gasteiger charge is -2.42. The fourth-order valence-electron chi connectivity index (χ4n) is 7.25. The van der Waals surface area contributed by atoms with Crippen LogP contribution in [0.25, 0.3) is 0 Å². The standard InChI is InChI=1S/C28H42N2O6/c1-5-8-17-35-26(34)22-21-24(32)30(19(7-3)18-31)23(28(21)15-14-27(22,4)36-28)25(33)29(16-6-2)20-12-10-9-11-13-20/h5-6,19-23,31H,1-2,7-18H2,3-4H3/t19-,21-,22-,23?,27+,28?/m0/s1. The van der Waals surface area contributed by atoms with Gasteiger partial charge in [-0.3, -0.25) is 14.4 Å². The Morgan fingerprint density at radius 1 is 1.25 bits per heavy atom. The fraction of sp³-hybridized carbons (Fsp3) is 0.750. The van der Waals surface area contributed by atoms with Gasteiger partial charge in [-0.2, -0.15) is 0 Å². The molecule has 0 aromatic carbocycles. The van der Waals surface area contributed by atoms with Crippen LogP contribution in [-0.4, -0.2) is 81.8 Å². The minimum atomic E-state index is -1.11. The van der Waals surface area contributed by atoms with Gasteiger partial charge in [-0.25, -0.2) is 0 Å². The van der Waals surface area contributed by atoms with Gasteiger partial charge in [-0.15, -0.1) is 13.2 Å². The molecule has 6 atom stereocenters. The van der Waals surface area contributed by atoms with Crippen molar-refractivity contribution in [3.05, 3.63) is 25.3 Å². The molecule has 36 heavy (non-hydrogen) atoms. The lowest BCUT2D eigenvalue weighted by Crippen LogP contribution is -2.60. The number of ether oxygens (including phenoxy) is 2. The molecule has 1 N–H and O–H groups in total. The lowest BCUT2D eigenvalue weighted by atomic mass is 9.66. The molecule has 3 saturated heterocycles. The predicted molar refractivity (Wildman–Crippen MR) is 135 cm³/mol. The Hall–Kier alpha value is -2.19. The molecule has 4 fully saturated rings. The summed E-state index contributed by atoms with van der Waals surface area (Å²) in [7, 11) is 0. The highest BCUT2D eigenvalue weighted by atomic mass is 16.6. The second kappa shape index (κ2) is 10.7. The van der Waals surface area contributed by atoms with Crippen LogP contribution in [0.3, 0.4) is 0 Å². The topological polar surface area (TPSA) is 96.4 Å². The monoisotopic (exact) mass is 502 g/mol. The van der Waals surface area contributed by atoms with Gasteiger partial charge in [-0.05, 0) is 45.4 Å². The van der Waals surface area contributed by atoms with E-state index in [9.17, 15) is 19.5 Å². The molecule has 2 amide bonds. The number of rotatable bonds is 11. The van der Waals surface area contributed by atoms with Gasteiger partial charge in [0.25, 0.3) is 0 Å². The molecular formula is C28H42N2O6. The minimum Gasteiger partial charge on any atom is -0.465 e. The fourth-order valence-corrected chi connectivity index (χ4v) is 7.25. The number of likely N-dealkylation sites (tertiary alicyclic amines) is 1. The van der Waals surface area contributed by atoms with Crippen LogP contribution in [0, 0.1) is 11.8 Å². The van der Waals surface area contributed by atoms with E-state index in [0.29, 0.717) is 32.2 Å². The van der Waals surface area contributed by atoms with Crippen molar-refractivity contribution in [3.8, 4) is 0 Å². The quantitative estimate of drug-likeness (QED) is 0.265. The number of aliphatic hydroxyl groups is 1. The summed E-state index contributed by atoms with van der Waals surface area (Å²) < 4.78 is 12.2. The number of hydrogen-bond donors (Lipinski definition) is 1. The van der Waals surface area contributed by atoms with Crippen LogP contribution < -0.4 is 0 Å². The zero-order valence-electron chi connectivity index (χ0n) is 21.8. The SMILES string of the molecule is C=CCCOC(=O)[C@@H]1[C@H]2C(=O)N([C@@H](CC)CO)C(C(=O)N(CC=C)C3CCCCC3)C23CC[C@@]1(C)O3. The van der Waals surface area contributed by atoms with Crippen molar-refractivity contribution >= 4 is 17.8 Å². The molecule has 8 heteroatoms. The minimum absolute atomic E-state index is 0.0831. The van der Waals surface area contributed by atoms with Crippen molar-refractivity contribution in [2.45, 2.75) is 101 Å². The predicted octanol–water partition coefficient (Wildman–Crippen LogP) is 2.99. The maximum atomic E-state index is 14.4. The van der Waals surface area contributed by atoms with Gasteiger partial charge in [0.05, 0.1) is 30.8 Å². The van der Waals surface area contributed by atoms with Gasteiger partial charge in [-0.1, -0.05) is 38.3 Å². The summed E-state index contributed by atoms with van der Waals surface area (Å²) in [5.74, 6) is -2.50. The number of carbonyl (C=O) groups excluding carboxylic acids is 3. The number of fused-ring (bicyclic) bond motifs is 1. The van der Waals surface area contributed by atoms with Crippen molar-refractivity contribution in [1.29, 1.82) is 0 Å². The summed E-state index contributed by atoms with van der Waals surface area (Å²) in [6.07, 6.45) is 10.6. The van der Waals surface area contributed by atoms with Gasteiger partial charge in [0.15, 0.2) is 0 Å². The van der Waals surface area contributed by atoms with Crippen molar-refractivity contribution in [1.82, 2.24) is 9.80 Å². The van der Waals surface area contributed by atoms with Gasteiger partial charge >= 0.3 is 5.97 Å². The summed E-state index contributed by atoms with van der Waals surface area (Å²) in [4.78, 5) is 45.3. The first-order chi connectivity index (χ1) is 17.3. The Labute approximate surface area is 214 Å². The molecule has 1 aliphatic carbocycles. The van der Waals surface area contributed by atoms with Crippen LogP contribution in [0.2, 0.25) is 0 Å². The Kier molecular flexibility index (Phi) is 7.95. The highest BCUT2D eigenvalue weighted by Crippen LogP contribution is 2.63. The maximum absolute atomic E-state index is 14.4. The normalized spacial score (nSPS) is 34.4. The molecule has 1 saturated carbocycles. The van der Waals surface area contributed by atoms with Crippen molar-refractivity contribution in [2.24, 2.45) is 11.8 Å². The number of hydrogen-bond acceptors (Lipinski definition) is 6. The first-order valence-corrected chi connectivity index (χ1v) is 13.6. The van der Waals surface area contributed by atoms with E-state index in [1.807, 2.05) is 18.7 Å². The van der Waals surface area contributed by atoms with Gasteiger partial charge in [0.1, 0.15) is 17.6 Å². The van der Waals surface area contributed by atoms with Crippen molar-refractivity contribution < 1.29 is 29.0 Å². The van der Waals surface area contributed by atoms with E-state index >= 15 is 0 Å². The zero-order chi connectivity index (χ0) is 26.1. The number of amides is 2. The number of aliphatic hydroxyl groups excluding tert-OH is 1. The summed E-state index contributed by atoms with van der Waals surface area (Å²) in [6.45, 7) is 11.6. The number of esters is 1. The summed E-state index contributed by atoms with van der Waals surface area (Å²) in [5.41, 5.74) is -1.98. The Morgan fingerprint density at radius 3 is 2.58 bits per heavy atom. The molecule has 200 valence electrons. The molecular weight excluding hydrogens is 460 g/mol. The highest BCUT2D eigenvalue weighted by molar-refractivity contribution is 5.98. The Morgan fingerprint density at radius 2 is 1.97 bits per heavy atom. The van der Waals surface area contributed by atoms with Crippen molar-refractivity contribution in [2.75, 3.05) is 19.8 Å². The molecule has 4 rings (SSSR count). The third-order valence-electron chi connectivity index (χ3n) is 8.97. The maximum Gasteiger partial charge on any atom is 0.312 e. The molecule has 3 aliphatic heterocycles. The lowest BCUT2D eigenvalue weighted by molar-refractivity contribution is -0.162. The van der Waals surface area contributed by atoms with Crippen LogP contribution in [-0.2, 0) is 23.9 Å². The van der Waals surface area contributed by atoms with Crippen LogP contribution in [0.4, 0.5) is 0 Å². The van der Waals surface area contributed by atoms with E-state index in [4.69, 9.17) is 9.47 Å². The molecule has 1 spiro atoms. The van der Waals surface area contributed by atoms with E-state index in [1.54, 1.807) is 17.1 Å². The molecule has 2 unspecified atom stereocenters. The first-order valence-electron chi connectivity index (χ1n) is 13.6. The average molecular weight is 503 g/mol. The molecule has 8 nitrogen and oxygen atoms in total. The number of carbonyl (C=O) groups is 3. The van der Waals surface area contributed by atoms with Crippen LogP contribution >= 0.6 is 0 Å². The summed E-state index contributed by atoms with van der Waals surface area (Å²) >= 11 is 0. The molecule has 0 aromatic rings. The molecule has 2 bridgehead atoms. The Balaban J connectivity index is 1.75. The molecule has 3 heterocycles. The average Bonchev–Trinajstić information content (AvgIpc) is 3.45. The van der Waals surface area contributed by atoms with Crippen LogP contribution in [0.15, 0.2) is 25.3 Å². The van der Waals surface area contributed by atoms with Crippen LogP contribution in [0.1, 0.15) is 71.6 Å². The number of nitrogens with zero attached hydrogens (tertiary/aromatic N) is 2. The molecule has 0 aromatic heterocycles. The largest absolute Gasteiger partial charge is 0.465 e. The highest BCUT2D eigenvalue weighted by Gasteiger charge is 2.79. The van der Waals surface area contributed by atoms with Crippen LogP contribution in [0.5, 0.6) is 0 Å². The van der Waals surface area contributed by atoms with E-state index in [0.717, 1.165) is 32.1 Å². The van der Waals surface area contributed by atoms with Gasteiger partial charge < -0.3 is 24.4 Å². The molecule has 0 radical (unpaired) electrons.